The molecule has 0 fully saturated rings. The molecule has 23 heavy (non-hydrogen) atoms. The molecule has 2 heteroatoms. The van der Waals surface area contributed by atoms with Crippen LogP contribution in [0.1, 0.15) is 35.2 Å². The number of Topliss-reactive ketones (excluding diaryl/α,β-unsaturated/α-hetero) is 1. The van der Waals surface area contributed by atoms with E-state index in [-0.39, 0.29) is 11.7 Å². The number of rotatable bonds is 5. The lowest BCUT2D eigenvalue weighted by Gasteiger charge is -2.17. The van der Waals surface area contributed by atoms with Gasteiger partial charge in [0.25, 0.3) is 0 Å². The van der Waals surface area contributed by atoms with Crippen molar-refractivity contribution in [1.82, 2.24) is 0 Å². The molecule has 0 aliphatic rings. The summed E-state index contributed by atoms with van der Waals surface area (Å²) in [6.45, 7) is 2.06. The van der Waals surface area contributed by atoms with Gasteiger partial charge in [0.2, 0.25) is 0 Å². The molecular formula is C21H20O2. The molecule has 116 valence electrons. The Hall–Kier alpha value is -2.61. The molecule has 0 bridgehead atoms. The third kappa shape index (κ3) is 2.98. The molecule has 0 aliphatic heterocycles. The maximum absolute atomic E-state index is 13.0. The van der Waals surface area contributed by atoms with Crippen LogP contribution in [0.4, 0.5) is 0 Å². The number of ether oxygens (including phenoxy) is 1. The lowest BCUT2D eigenvalue weighted by molar-refractivity contribution is 0.0958. The molecule has 3 aromatic rings. The van der Waals surface area contributed by atoms with Gasteiger partial charge in [0.05, 0.1) is 7.11 Å². The van der Waals surface area contributed by atoms with Crippen LogP contribution in [0.3, 0.4) is 0 Å². The molecule has 0 spiro atoms. The van der Waals surface area contributed by atoms with Gasteiger partial charge in [0.1, 0.15) is 5.75 Å². The molecule has 0 N–H and O–H groups in total. The largest absolute Gasteiger partial charge is 0.497 e. The summed E-state index contributed by atoms with van der Waals surface area (Å²) in [5, 5.41) is 2.33. The molecule has 1 unspecified atom stereocenters. The average molecular weight is 304 g/mol. The number of carbonyl (C=O) groups is 1. The van der Waals surface area contributed by atoms with E-state index >= 15 is 0 Å². The Bertz CT molecular complexity index is 813. The van der Waals surface area contributed by atoms with Gasteiger partial charge in [-0.2, -0.15) is 0 Å². The van der Waals surface area contributed by atoms with Crippen molar-refractivity contribution in [2.45, 2.75) is 19.3 Å². The number of fused-ring (bicyclic) bond motifs is 1. The zero-order chi connectivity index (χ0) is 16.2. The van der Waals surface area contributed by atoms with Gasteiger partial charge in [-0.15, -0.1) is 0 Å². The fraction of sp³-hybridized carbons (Fsp3) is 0.190. The minimum Gasteiger partial charge on any atom is -0.497 e. The quantitative estimate of drug-likeness (QED) is 0.604. The molecule has 0 heterocycles. The van der Waals surface area contributed by atoms with E-state index in [0.29, 0.717) is 0 Å². The fourth-order valence-corrected chi connectivity index (χ4v) is 3.06. The van der Waals surface area contributed by atoms with Crippen LogP contribution in [0.15, 0.2) is 66.7 Å². The van der Waals surface area contributed by atoms with E-state index in [0.717, 1.165) is 28.7 Å². The first-order valence-corrected chi connectivity index (χ1v) is 7.90. The van der Waals surface area contributed by atoms with Gasteiger partial charge in [0, 0.05) is 11.5 Å². The van der Waals surface area contributed by atoms with E-state index in [1.165, 1.54) is 5.39 Å². The maximum Gasteiger partial charge on any atom is 0.170 e. The standard InChI is InChI=1S/C21H20O2/c1-3-18(21(22)16-11-13-17(23-2)14-12-16)20-10-6-8-15-7-4-5-9-19(15)20/h4-14,18H,3H2,1-2H3. The highest BCUT2D eigenvalue weighted by Gasteiger charge is 2.22. The van der Waals surface area contributed by atoms with Crippen LogP contribution in [0.2, 0.25) is 0 Å². The normalized spacial score (nSPS) is 12.1. The van der Waals surface area contributed by atoms with Crippen molar-refractivity contribution in [2.75, 3.05) is 7.11 Å². The van der Waals surface area contributed by atoms with Gasteiger partial charge in [-0.3, -0.25) is 4.79 Å². The second-order valence-corrected chi connectivity index (χ2v) is 5.62. The highest BCUT2D eigenvalue weighted by atomic mass is 16.5. The Kier molecular flexibility index (Phi) is 4.42. The minimum atomic E-state index is -0.130. The summed E-state index contributed by atoms with van der Waals surface area (Å²) in [6.07, 6.45) is 0.777. The third-order valence-electron chi connectivity index (χ3n) is 4.30. The van der Waals surface area contributed by atoms with Crippen LogP contribution in [0.25, 0.3) is 10.8 Å². The number of benzene rings is 3. The zero-order valence-electron chi connectivity index (χ0n) is 13.5. The van der Waals surface area contributed by atoms with Crippen molar-refractivity contribution in [3.8, 4) is 5.75 Å². The molecular weight excluding hydrogens is 284 g/mol. The lowest BCUT2D eigenvalue weighted by atomic mass is 9.86. The van der Waals surface area contributed by atoms with Gasteiger partial charge >= 0.3 is 0 Å². The Labute approximate surface area is 136 Å². The first-order chi connectivity index (χ1) is 11.2. The predicted molar refractivity (Wildman–Crippen MR) is 94.3 cm³/mol. The topological polar surface area (TPSA) is 26.3 Å². The molecule has 0 aromatic heterocycles. The van der Waals surface area contributed by atoms with Gasteiger partial charge in [-0.05, 0) is 47.0 Å². The highest BCUT2D eigenvalue weighted by molar-refractivity contribution is 6.03. The molecule has 0 radical (unpaired) electrons. The number of ketones is 1. The number of hydrogen-bond acceptors (Lipinski definition) is 2. The van der Waals surface area contributed by atoms with E-state index in [1.54, 1.807) is 7.11 Å². The molecule has 2 nitrogen and oxygen atoms in total. The van der Waals surface area contributed by atoms with Crippen LogP contribution in [0.5, 0.6) is 5.75 Å². The Morgan fingerprint density at radius 2 is 1.65 bits per heavy atom. The monoisotopic (exact) mass is 304 g/mol. The van der Waals surface area contributed by atoms with Crippen molar-refractivity contribution in [3.05, 3.63) is 77.9 Å². The molecule has 1 atom stereocenters. The maximum atomic E-state index is 13.0. The number of carbonyl (C=O) groups excluding carboxylic acids is 1. The first-order valence-electron chi connectivity index (χ1n) is 7.90. The van der Waals surface area contributed by atoms with Crippen molar-refractivity contribution < 1.29 is 9.53 Å². The van der Waals surface area contributed by atoms with Crippen LogP contribution in [-0.4, -0.2) is 12.9 Å². The Morgan fingerprint density at radius 3 is 2.35 bits per heavy atom. The first kappa shape index (κ1) is 15.3. The van der Waals surface area contributed by atoms with E-state index in [1.807, 2.05) is 42.5 Å². The smallest absolute Gasteiger partial charge is 0.170 e. The van der Waals surface area contributed by atoms with Crippen LogP contribution >= 0.6 is 0 Å². The van der Waals surface area contributed by atoms with Gasteiger partial charge in [-0.25, -0.2) is 0 Å². The average Bonchev–Trinajstić information content (AvgIpc) is 2.62. The lowest BCUT2D eigenvalue weighted by Crippen LogP contribution is -2.12. The summed E-state index contributed by atoms with van der Waals surface area (Å²) in [7, 11) is 1.63. The summed E-state index contributed by atoms with van der Waals surface area (Å²) in [5.41, 5.74) is 1.83. The van der Waals surface area contributed by atoms with E-state index < -0.39 is 0 Å². The Balaban J connectivity index is 2.02. The van der Waals surface area contributed by atoms with Crippen LogP contribution in [0, 0.1) is 0 Å². The molecule has 0 saturated heterocycles. The summed E-state index contributed by atoms with van der Waals surface area (Å²) < 4.78 is 5.17. The van der Waals surface area contributed by atoms with Gasteiger partial charge < -0.3 is 4.74 Å². The van der Waals surface area contributed by atoms with Crippen molar-refractivity contribution >= 4 is 16.6 Å². The fourth-order valence-electron chi connectivity index (χ4n) is 3.06. The van der Waals surface area contributed by atoms with Crippen molar-refractivity contribution in [1.29, 1.82) is 0 Å². The predicted octanol–water partition coefficient (Wildman–Crippen LogP) is 5.22. The van der Waals surface area contributed by atoms with Crippen molar-refractivity contribution in [2.24, 2.45) is 0 Å². The minimum absolute atomic E-state index is 0.130. The van der Waals surface area contributed by atoms with Gasteiger partial charge in [-0.1, -0.05) is 49.4 Å². The zero-order valence-corrected chi connectivity index (χ0v) is 13.5. The number of methoxy groups -OCH3 is 1. The molecule has 0 amide bonds. The van der Waals surface area contributed by atoms with Crippen molar-refractivity contribution in [3.63, 3.8) is 0 Å². The van der Waals surface area contributed by atoms with Crippen LogP contribution < -0.4 is 4.74 Å². The highest BCUT2D eigenvalue weighted by Crippen LogP contribution is 2.31. The van der Waals surface area contributed by atoms with E-state index in [2.05, 4.69) is 31.2 Å². The van der Waals surface area contributed by atoms with Gasteiger partial charge in [0.15, 0.2) is 5.78 Å². The summed E-state index contributed by atoms with van der Waals surface area (Å²) in [6, 6.07) is 21.8. The number of hydrogen-bond donors (Lipinski definition) is 0. The molecule has 0 aliphatic carbocycles. The second-order valence-electron chi connectivity index (χ2n) is 5.62. The molecule has 3 aromatic carbocycles. The molecule has 0 saturated carbocycles. The van der Waals surface area contributed by atoms with E-state index in [9.17, 15) is 4.79 Å². The van der Waals surface area contributed by atoms with Crippen LogP contribution in [-0.2, 0) is 0 Å². The summed E-state index contributed by atoms with van der Waals surface area (Å²) >= 11 is 0. The third-order valence-corrected chi connectivity index (χ3v) is 4.30. The second kappa shape index (κ2) is 6.66. The Morgan fingerprint density at radius 1 is 0.957 bits per heavy atom. The summed E-state index contributed by atoms with van der Waals surface area (Å²) in [4.78, 5) is 13.0. The SMILES string of the molecule is CCC(C(=O)c1ccc(OC)cc1)c1cccc2ccccc12. The van der Waals surface area contributed by atoms with E-state index in [4.69, 9.17) is 4.74 Å². The summed E-state index contributed by atoms with van der Waals surface area (Å²) in [5.74, 6) is 0.792. The molecule has 3 rings (SSSR count).